The van der Waals surface area contributed by atoms with Gasteiger partial charge in [0.15, 0.2) is 0 Å². The number of fused-ring (bicyclic) bond motifs is 3. The largest absolute Gasteiger partial charge is 0.461 e. The number of nitrogen functional groups attached to an aromatic ring is 1. The zero-order chi connectivity index (χ0) is 33.9. The number of hydrogen-bond donors (Lipinski definition) is 1. The third-order valence-corrected chi connectivity index (χ3v) is 11.4. The van der Waals surface area contributed by atoms with E-state index in [-0.39, 0.29) is 56.8 Å². The highest BCUT2D eigenvalue weighted by Crippen LogP contribution is 2.44. The lowest BCUT2D eigenvalue weighted by Gasteiger charge is -2.34. The Morgan fingerprint density at radius 2 is 2.08 bits per heavy atom. The van der Waals surface area contributed by atoms with Crippen LogP contribution in [0.15, 0.2) is 36.9 Å². The molecular weight excluding hydrogens is 639 g/mol. The summed E-state index contributed by atoms with van der Waals surface area (Å²) in [6.45, 7) is 10.0. The van der Waals surface area contributed by atoms with Gasteiger partial charge >= 0.3 is 6.01 Å². The Kier molecular flexibility index (Phi) is 8.20. The highest BCUT2D eigenvalue weighted by atomic mass is 32.1. The second-order valence-electron chi connectivity index (χ2n) is 12.9. The molecule has 3 fully saturated rings. The van der Waals surface area contributed by atoms with Gasteiger partial charge in [0.05, 0.1) is 27.4 Å². The molecule has 1 amide bonds. The predicted octanol–water partition coefficient (Wildman–Crippen LogP) is 6.20. The van der Waals surface area contributed by atoms with Crippen molar-refractivity contribution < 1.29 is 22.7 Å². The van der Waals surface area contributed by atoms with Gasteiger partial charge < -0.3 is 20.3 Å². The molecule has 0 spiro atoms. The maximum atomic E-state index is 16.3. The first kappa shape index (κ1) is 32.2. The van der Waals surface area contributed by atoms with Gasteiger partial charge in [0, 0.05) is 48.4 Å². The molecule has 5 heterocycles. The summed E-state index contributed by atoms with van der Waals surface area (Å²) >= 11 is 0.944. The van der Waals surface area contributed by atoms with Crippen LogP contribution in [-0.2, 0) is 4.79 Å². The van der Waals surface area contributed by atoms with Gasteiger partial charge in [-0.15, -0.1) is 11.3 Å². The van der Waals surface area contributed by atoms with Crippen molar-refractivity contribution >= 4 is 49.1 Å². The van der Waals surface area contributed by atoms with Gasteiger partial charge in [0.1, 0.15) is 41.3 Å². The Morgan fingerprint density at radius 1 is 1.27 bits per heavy atom. The number of nitrogens with zero attached hydrogens (tertiary/aromatic N) is 6. The van der Waals surface area contributed by atoms with E-state index in [9.17, 15) is 18.8 Å². The van der Waals surface area contributed by atoms with Crippen molar-refractivity contribution in [2.75, 3.05) is 43.4 Å². The van der Waals surface area contributed by atoms with Gasteiger partial charge in [-0.3, -0.25) is 9.69 Å². The van der Waals surface area contributed by atoms with Crippen LogP contribution >= 0.6 is 11.3 Å². The van der Waals surface area contributed by atoms with E-state index in [0.717, 1.165) is 30.7 Å². The molecule has 4 unspecified atom stereocenters. The van der Waals surface area contributed by atoms with E-state index in [1.165, 1.54) is 24.3 Å². The first-order valence-electron chi connectivity index (χ1n) is 16.2. The van der Waals surface area contributed by atoms with Crippen molar-refractivity contribution in [3.63, 3.8) is 0 Å². The molecule has 7 rings (SSSR count). The van der Waals surface area contributed by atoms with Crippen molar-refractivity contribution in [1.29, 1.82) is 5.26 Å². The van der Waals surface area contributed by atoms with Crippen LogP contribution in [0.5, 0.6) is 6.01 Å². The number of halogens is 3. The number of hydrogen-bond acceptors (Lipinski definition) is 9. The van der Waals surface area contributed by atoms with Gasteiger partial charge in [0.25, 0.3) is 0 Å². The number of alkyl halides is 1. The maximum Gasteiger partial charge on any atom is 0.319 e. The number of rotatable bonds is 8. The van der Waals surface area contributed by atoms with Gasteiger partial charge in [-0.1, -0.05) is 12.6 Å². The number of aromatic nitrogens is 2. The van der Waals surface area contributed by atoms with E-state index < -0.39 is 23.3 Å². The normalized spacial score (nSPS) is 23.9. The van der Waals surface area contributed by atoms with Crippen LogP contribution in [0.25, 0.3) is 32.1 Å². The Hall–Kier alpha value is -4.41. The number of likely N-dealkylation sites (tertiary alicyclic amines) is 1. The fourth-order valence-corrected chi connectivity index (χ4v) is 9.03. The molecule has 4 atom stereocenters. The molecule has 0 aliphatic carbocycles. The second kappa shape index (κ2) is 12.2. The SMILES string of the molecule is C=CC(=O)N1CCC(N(CC)c2nc(OCC34CCCN3CC(F)C4)nc3cc(-c4ccc(F)c5sc(N)c(C#N)c45)c(F)cc23)C1C. The highest BCUT2D eigenvalue weighted by molar-refractivity contribution is 7.23. The highest BCUT2D eigenvalue weighted by Gasteiger charge is 2.49. The van der Waals surface area contributed by atoms with E-state index in [1.807, 2.05) is 24.8 Å². The van der Waals surface area contributed by atoms with Crippen molar-refractivity contribution in [2.45, 2.75) is 63.3 Å². The van der Waals surface area contributed by atoms with E-state index >= 15 is 4.39 Å². The fraction of sp³-hybridized carbons (Fsp3) is 0.429. The van der Waals surface area contributed by atoms with Crippen LogP contribution in [0.4, 0.5) is 24.0 Å². The molecule has 3 aliphatic heterocycles. The van der Waals surface area contributed by atoms with Crippen molar-refractivity contribution in [3.8, 4) is 23.2 Å². The smallest absolute Gasteiger partial charge is 0.319 e. The van der Waals surface area contributed by atoms with Crippen LogP contribution in [0, 0.1) is 23.0 Å². The minimum Gasteiger partial charge on any atom is -0.461 e. The van der Waals surface area contributed by atoms with Crippen molar-refractivity contribution in [2.24, 2.45) is 0 Å². The third-order valence-electron chi connectivity index (χ3n) is 10.4. The topological polar surface area (TPSA) is 112 Å². The molecule has 250 valence electrons. The van der Waals surface area contributed by atoms with E-state index in [0.29, 0.717) is 54.8 Å². The minimum absolute atomic E-state index is 0.0726. The number of benzene rings is 2. The summed E-state index contributed by atoms with van der Waals surface area (Å²) in [4.78, 5) is 28.2. The number of carbonyl (C=O) groups excluding carboxylic acids is 1. The molecule has 0 saturated carbocycles. The summed E-state index contributed by atoms with van der Waals surface area (Å²) in [6, 6.07) is 7.41. The van der Waals surface area contributed by atoms with Crippen molar-refractivity contribution in [3.05, 3.63) is 54.1 Å². The number of thiophene rings is 1. The number of nitrogens with two attached hydrogens (primary N) is 1. The van der Waals surface area contributed by atoms with Gasteiger partial charge in [0.2, 0.25) is 5.91 Å². The summed E-state index contributed by atoms with van der Waals surface area (Å²) in [5.74, 6) is -0.871. The molecule has 2 aromatic carbocycles. The molecule has 48 heavy (non-hydrogen) atoms. The Bertz CT molecular complexity index is 2000. The molecule has 3 aliphatic rings. The van der Waals surface area contributed by atoms with Crippen molar-refractivity contribution in [1.82, 2.24) is 19.8 Å². The van der Waals surface area contributed by atoms with Crippen LogP contribution in [-0.4, -0.2) is 82.3 Å². The number of ether oxygens (including phenoxy) is 1. The average Bonchev–Trinajstić information content (AvgIpc) is 3.81. The number of carbonyl (C=O) groups is 1. The number of amides is 1. The zero-order valence-electron chi connectivity index (χ0n) is 26.8. The summed E-state index contributed by atoms with van der Waals surface area (Å²) in [6.07, 6.45) is 3.18. The summed E-state index contributed by atoms with van der Waals surface area (Å²) in [5.41, 5.74) is 6.54. The molecule has 9 nitrogen and oxygen atoms in total. The molecule has 2 N–H and O–H groups in total. The predicted molar refractivity (Wildman–Crippen MR) is 181 cm³/mol. The monoisotopic (exact) mass is 675 g/mol. The third kappa shape index (κ3) is 5.13. The molecule has 2 aromatic heterocycles. The Labute approximate surface area is 280 Å². The summed E-state index contributed by atoms with van der Waals surface area (Å²) in [5, 5.41) is 10.7. The van der Waals surface area contributed by atoms with Gasteiger partial charge in [-0.2, -0.15) is 15.2 Å². The van der Waals surface area contributed by atoms with Gasteiger partial charge in [-0.25, -0.2) is 13.2 Å². The van der Waals surface area contributed by atoms with Crippen LogP contribution in [0.1, 0.15) is 45.1 Å². The first-order chi connectivity index (χ1) is 23.1. The first-order valence-corrected chi connectivity index (χ1v) is 17.0. The summed E-state index contributed by atoms with van der Waals surface area (Å²) < 4.78 is 52.2. The standard InChI is InChI=1S/C35H36F3N7O2S/c1-4-29(46)45-12-9-28(19(45)3)44(5-2)33-23-13-26(38)22(21-7-8-25(37)31-30(21)24(16-39)32(40)48-31)14-27(23)41-34(42-33)47-18-35-10-6-11-43(35)17-20(36)15-35/h4,7-8,13-14,19-20,28H,1,5-6,9-12,15,17-18,40H2,2-3H3. The van der Waals surface area contributed by atoms with Crippen LogP contribution in [0.2, 0.25) is 0 Å². The van der Waals surface area contributed by atoms with Gasteiger partial charge in [-0.05, 0) is 69.5 Å². The van der Waals surface area contributed by atoms with Crippen LogP contribution < -0.4 is 15.4 Å². The van der Waals surface area contributed by atoms with E-state index in [2.05, 4.69) is 11.5 Å². The minimum atomic E-state index is -0.926. The molecule has 13 heteroatoms. The fourth-order valence-electron chi connectivity index (χ4n) is 8.08. The zero-order valence-corrected chi connectivity index (χ0v) is 27.6. The lowest BCUT2D eigenvalue weighted by atomic mass is 9.95. The maximum absolute atomic E-state index is 16.3. The summed E-state index contributed by atoms with van der Waals surface area (Å²) in [7, 11) is 0. The van der Waals surface area contributed by atoms with E-state index in [4.69, 9.17) is 20.4 Å². The number of likely N-dealkylation sites (N-methyl/N-ethyl adjacent to an activating group) is 1. The average molecular weight is 676 g/mol. The molecule has 3 saturated heterocycles. The molecular formula is C35H36F3N7O2S. The Balaban J connectivity index is 1.37. The molecule has 0 radical (unpaired) electrons. The molecule has 4 aromatic rings. The number of nitriles is 1. The lowest BCUT2D eigenvalue weighted by Crippen LogP contribution is -2.45. The second-order valence-corrected chi connectivity index (χ2v) is 14.0. The Morgan fingerprint density at radius 3 is 2.83 bits per heavy atom. The molecule has 0 bridgehead atoms. The number of anilines is 2. The van der Waals surface area contributed by atoms with E-state index in [1.54, 1.807) is 11.0 Å². The lowest BCUT2D eigenvalue weighted by molar-refractivity contribution is -0.126. The quantitative estimate of drug-likeness (QED) is 0.220. The van der Waals surface area contributed by atoms with Crippen LogP contribution in [0.3, 0.4) is 0 Å².